The highest BCUT2D eigenvalue weighted by Crippen LogP contribution is 2.13. The third-order valence-electron chi connectivity index (χ3n) is 4.08. The lowest BCUT2D eigenvalue weighted by atomic mass is 10.2. The molecular formula is C19H23N3S2. The van der Waals surface area contributed by atoms with E-state index in [1.807, 2.05) is 6.07 Å². The quantitative estimate of drug-likeness (QED) is 0.823. The van der Waals surface area contributed by atoms with E-state index in [1.54, 1.807) is 11.8 Å². The second-order valence-corrected chi connectivity index (χ2v) is 7.57. The van der Waals surface area contributed by atoms with Gasteiger partial charge in [0.1, 0.15) is 4.32 Å². The van der Waals surface area contributed by atoms with Gasteiger partial charge in [-0.05, 0) is 11.1 Å². The van der Waals surface area contributed by atoms with E-state index >= 15 is 0 Å². The van der Waals surface area contributed by atoms with Crippen LogP contribution in [0.1, 0.15) is 11.1 Å². The third-order valence-corrected chi connectivity index (χ3v) is 5.36. The Hall–Kier alpha value is -1.40. The number of nitrogens with one attached hydrogen (secondary N) is 1. The second kappa shape index (κ2) is 9.18. The molecular weight excluding hydrogens is 334 g/mol. The summed E-state index contributed by atoms with van der Waals surface area (Å²) >= 11 is 7.16. The Morgan fingerprint density at radius 2 is 1.46 bits per heavy atom. The van der Waals surface area contributed by atoms with Gasteiger partial charge in [-0.25, -0.2) is 5.01 Å². The van der Waals surface area contributed by atoms with Crippen LogP contribution >= 0.6 is 24.0 Å². The molecule has 1 saturated heterocycles. The summed E-state index contributed by atoms with van der Waals surface area (Å²) in [6.07, 6.45) is 0. The number of hydrogen-bond donors (Lipinski definition) is 1. The molecule has 0 spiro atoms. The Morgan fingerprint density at radius 3 is 2.08 bits per heavy atom. The zero-order chi connectivity index (χ0) is 16.6. The number of hydrogen-bond acceptors (Lipinski definition) is 4. The maximum Gasteiger partial charge on any atom is 0.148 e. The zero-order valence-corrected chi connectivity index (χ0v) is 15.4. The van der Waals surface area contributed by atoms with Crippen LogP contribution in [0.2, 0.25) is 0 Å². The Bertz CT molecular complexity index is 626. The highest BCUT2D eigenvalue weighted by Gasteiger charge is 2.17. The Morgan fingerprint density at radius 1 is 0.875 bits per heavy atom. The SMILES string of the molecule is S=C(NN1CCN(Cc2ccccc2)CC1)SCc1ccccc1. The number of thioether (sulfide) groups is 1. The van der Waals surface area contributed by atoms with Crippen molar-refractivity contribution >= 4 is 28.3 Å². The number of thiocarbonyl (C=S) groups is 1. The maximum atomic E-state index is 5.46. The van der Waals surface area contributed by atoms with Crippen molar-refractivity contribution in [1.29, 1.82) is 0 Å². The summed E-state index contributed by atoms with van der Waals surface area (Å²) in [4.78, 5) is 2.49. The van der Waals surface area contributed by atoms with Crippen molar-refractivity contribution in [1.82, 2.24) is 15.3 Å². The zero-order valence-electron chi connectivity index (χ0n) is 13.7. The van der Waals surface area contributed by atoms with Crippen LogP contribution in [0, 0.1) is 0 Å². The van der Waals surface area contributed by atoms with Gasteiger partial charge in [0, 0.05) is 38.5 Å². The molecule has 2 aromatic rings. The minimum Gasteiger partial charge on any atom is -0.304 e. The van der Waals surface area contributed by atoms with Crippen molar-refractivity contribution in [2.24, 2.45) is 0 Å². The predicted octanol–water partition coefficient (Wildman–Crippen LogP) is 3.53. The van der Waals surface area contributed by atoms with Crippen LogP contribution in [0.25, 0.3) is 0 Å². The van der Waals surface area contributed by atoms with E-state index in [4.69, 9.17) is 12.2 Å². The van der Waals surface area contributed by atoms with Crippen molar-refractivity contribution < 1.29 is 0 Å². The largest absolute Gasteiger partial charge is 0.304 e. The molecule has 1 fully saturated rings. The van der Waals surface area contributed by atoms with Crippen LogP contribution in [-0.4, -0.2) is 40.4 Å². The van der Waals surface area contributed by atoms with Crippen LogP contribution in [0.4, 0.5) is 0 Å². The van der Waals surface area contributed by atoms with Crippen molar-refractivity contribution in [2.75, 3.05) is 26.2 Å². The molecule has 0 atom stereocenters. The number of piperazine rings is 1. The van der Waals surface area contributed by atoms with Crippen LogP contribution in [-0.2, 0) is 12.3 Å². The summed E-state index contributed by atoms with van der Waals surface area (Å²) in [6, 6.07) is 21.1. The molecule has 126 valence electrons. The lowest BCUT2D eigenvalue weighted by Gasteiger charge is -2.35. The molecule has 0 amide bonds. The first-order chi connectivity index (χ1) is 11.8. The molecule has 0 radical (unpaired) electrons. The Balaban J connectivity index is 1.36. The van der Waals surface area contributed by atoms with Crippen LogP contribution in [0.3, 0.4) is 0 Å². The molecule has 0 unspecified atom stereocenters. The van der Waals surface area contributed by atoms with Crippen molar-refractivity contribution in [3.63, 3.8) is 0 Å². The van der Waals surface area contributed by atoms with E-state index < -0.39 is 0 Å². The minimum atomic E-state index is 0.857. The van der Waals surface area contributed by atoms with Crippen LogP contribution in [0.5, 0.6) is 0 Å². The summed E-state index contributed by atoms with van der Waals surface area (Å²) in [7, 11) is 0. The first-order valence-electron chi connectivity index (χ1n) is 8.28. The minimum absolute atomic E-state index is 0.857. The second-order valence-electron chi connectivity index (χ2n) is 5.92. The number of benzene rings is 2. The molecule has 1 N–H and O–H groups in total. The topological polar surface area (TPSA) is 18.5 Å². The van der Waals surface area contributed by atoms with Gasteiger partial charge in [0.25, 0.3) is 0 Å². The van der Waals surface area contributed by atoms with Gasteiger partial charge in [0.2, 0.25) is 0 Å². The maximum absolute atomic E-state index is 5.46. The lowest BCUT2D eigenvalue weighted by molar-refractivity contribution is 0.109. The first kappa shape index (κ1) is 17.4. The van der Waals surface area contributed by atoms with E-state index in [2.05, 4.69) is 69.9 Å². The smallest absolute Gasteiger partial charge is 0.148 e. The first-order valence-corrected chi connectivity index (χ1v) is 9.67. The average Bonchev–Trinajstić information content (AvgIpc) is 2.63. The van der Waals surface area contributed by atoms with Gasteiger partial charge in [-0.2, -0.15) is 0 Å². The number of hydrazine groups is 1. The normalized spacial score (nSPS) is 16.0. The molecule has 5 heteroatoms. The van der Waals surface area contributed by atoms with Gasteiger partial charge in [0.05, 0.1) is 0 Å². The molecule has 3 rings (SSSR count). The van der Waals surface area contributed by atoms with E-state index in [1.165, 1.54) is 11.1 Å². The van der Waals surface area contributed by atoms with E-state index in [-0.39, 0.29) is 0 Å². The van der Waals surface area contributed by atoms with Gasteiger partial charge < -0.3 is 5.43 Å². The van der Waals surface area contributed by atoms with Gasteiger partial charge in [-0.1, -0.05) is 84.6 Å². The summed E-state index contributed by atoms with van der Waals surface area (Å²) in [6.45, 7) is 5.15. The molecule has 2 aromatic carbocycles. The number of nitrogens with zero attached hydrogens (tertiary/aromatic N) is 2. The summed E-state index contributed by atoms with van der Waals surface area (Å²) < 4.78 is 0.857. The molecule has 1 aliphatic rings. The van der Waals surface area contributed by atoms with Crippen LogP contribution in [0.15, 0.2) is 60.7 Å². The predicted molar refractivity (Wildman–Crippen MR) is 107 cm³/mol. The summed E-state index contributed by atoms with van der Waals surface area (Å²) in [5.41, 5.74) is 6.06. The Labute approximate surface area is 154 Å². The van der Waals surface area contributed by atoms with Gasteiger partial charge in [-0.15, -0.1) is 0 Å². The third kappa shape index (κ3) is 5.60. The van der Waals surface area contributed by atoms with E-state index in [0.29, 0.717) is 0 Å². The summed E-state index contributed by atoms with van der Waals surface area (Å²) in [5, 5.41) is 2.24. The van der Waals surface area contributed by atoms with E-state index in [9.17, 15) is 0 Å². The van der Waals surface area contributed by atoms with Crippen molar-refractivity contribution in [3.8, 4) is 0 Å². The van der Waals surface area contributed by atoms with Crippen molar-refractivity contribution in [3.05, 3.63) is 71.8 Å². The molecule has 0 saturated carbocycles. The lowest BCUT2D eigenvalue weighted by Crippen LogP contribution is -2.52. The van der Waals surface area contributed by atoms with Gasteiger partial charge >= 0.3 is 0 Å². The summed E-state index contributed by atoms with van der Waals surface area (Å²) in [5.74, 6) is 0.917. The fourth-order valence-electron chi connectivity index (χ4n) is 2.74. The molecule has 1 aliphatic heterocycles. The Kier molecular flexibility index (Phi) is 6.66. The fourth-order valence-corrected chi connectivity index (χ4v) is 3.73. The number of rotatable bonds is 5. The average molecular weight is 358 g/mol. The monoisotopic (exact) mass is 357 g/mol. The van der Waals surface area contributed by atoms with Gasteiger partial charge in [-0.3, -0.25) is 4.90 Å². The van der Waals surface area contributed by atoms with Crippen molar-refractivity contribution in [2.45, 2.75) is 12.3 Å². The van der Waals surface area contributed by atoms with Crippen LogP contribution < -0.4 is 5.43 Å². The molecule has 0 aromatic heterocycles. The highest BCUT2D eigenvalue weighted by molar-refractivity contribution is 8.22. The van der Waals surface area contributed by atoms with E-state index in [0.717, 1.165) is 42.8 Å². The molecule has 24 heavy (non-hydrogen) atoms. The molecule has 0 aliphatic carbocycles. The standard InChI is InChI=1S/C19H23N3S2/c23-19(24-16-18-9-5-2-6-10-18)20-22-13-11-21(12-14-22)15-17-7-3-1-4-8-17/h1-10H,11-16H2,(H,20,23). The molecule has 0 bridgehead atoms. The molecule has 1 heterocycles. The fraction of sp³-hybridized carbons (Fsp3) is 0.316. The van der Waals surface area contributed by atoms with Gasteiger partial charge in [0.15, 0.2) is 0 Å². The highest BCUT2D eigenvalue weighted by atomic mass is 32.2. The molecule has 3 nitrogen and oxygen atoms in total.